The van der Waals surface area contributed by atoms with E-state index in [0.717, 1.165) is 48.5 Å². The lowest BCUT2D eigenvalue weighted by Crippen LogP contribution is -2.39. The molecule has 0 unspecified atom stereocenters. The van der Waals surface area contributed by atoms with Gasteiger partial charge >= 0.3 is 0 Å². The summed E-state index contributed by atoms with van der Waals surface area (Å²) >= 11 is 0. The van der Waals surface area contributed by atoms with Gasteiger partial charge in [-0.2, -0.15) is 5.10 Å². The molecule has 1 amide bonds. The molecule has 0 spiro atoms. The van der Waals surface area contributed by atoms with Gasteiger partial charge in [-0.05, 0) is 51.3 Å². The first-order chi connectivity index (χ1) is 12.6. The van der Waals surface area contributed by atoms with E-state index in [2.05, 4.69) is 35.2 Å². The van der Waals surface area contributed by atoms with Gasteiger partial charge in [0.2, 0.25) is 0 Å². The molecule has 6 nitrogen and oxygen atoms in total. The minimum atomic E-state index is 0.0892. The van der Waals surface area contributed by atoms with Crippen LogP contribution in [0.5, 0.6) is 0 Å². The molecule has 1 saturated heterocycles. The summed E-state index contributed by atoms with van der Waals surface area (Å²) in [5.74, 6) is 1.52. The number of H-pyrrole nitrogens is 1. The van der Waals surface area contributed by atoms with Gasteiger partial charge in [-0.25, -0.2) is 4.98 Å². The van der Waals surface area contributed by atoms with Crippen molar-refractivity contribution in [2.45, 2.75) is 46.1 Å². The van der Waals surface area contributed by atoms with E-state index < -0.39 is 0 Å². The first-order valence-electron chi connectivity index (χ1n) is 9.35. The van der Waals surface area contributed by atoms with Crippen LogP contribution in [0.15, 0.2) is 24.3 Å². The minimum absolute atomic E-state index is 0.0892. The number of fused-ring (bicyclic) bond motifs is 1. The lowest BCUT2D eigenvalue weighted by molar-refractivity contribution is 0.0698. The maximum Gasteiger partial charge on any atom is 0.272 e. The van der Waals surface area contributed by atoms with Gasteiger partial charge in [0.05, 0.1) is 16.7 Å². The highest BCUT2D eigenvalue weighted by molar-refractivity contribution is 5.92. The van der Waals surface area contributed by atoms with Gasteiger partial charge in [0.25, 0.3) is 5.91 Å². The number of aromatic nitrogens is 4. The van der Waals surface area contributed by atoms with Gasteiger partial charge in [-0.3, -0.25) is 9.48 Å². The molecule has 1 aliphatic rings. The fourth-order valence-corrected chi connectivity index (χ4v) is 3.86. The number of amides is 1. The molecule has 6 heteroatoms. The number of para-hydroxylation sites is 1. The van der Waals surface area contributed by atoms with Crippen molar-refractivity contribution < 1.29 is 4.79 Å². The Labute approximate surface area is 153 Å². The van der Waals surface area contributed by atoms with Crippen LogP contribution in [0.25, 0.3) is 11.0 Å². The maximum atomic E-state index is 12.9. The number of piperidine rings is 1. The first kappa shape index (κ1) is 16.8. The summed E-state index contributed by atoms with van der Waals surface area (Å²) in [4.78, 5) is 23.1. The maximum absolute atomic E-state index is 12.9. The lowest BCUT2D eigenvalue weighted by Gasteiger charge is -2.31. The van der Waals surface area contributed by atoms with E-state index in [1.807, 2.05) is 24.8 Å². The van der Waals surface area contributed by atoms with E-state index in [4.69, 9.17) is 4.98 Å². The zero-order valence-corrected chi connectivity index (χ0v) is 15.6. The zero-order valence-electron chi connectivity index (χ0n) is 15.6. The first-order valence-corrected chi connectivity index (χ1v) is 9.35. The van der Waals surface area contributed by atoms with Crippen LogP contribution >= 0.6 is 0 Å². The third-order valence-electron chi connectivity index (χ3n) is 5.32. The minimum Gasteiger partial charge on any atom is -0.342 e. The van der Waals surface area contributed by atoms with Crippen LogP contribution in [0, 0.1) is 13.8 Å². The number of carbonyl (C=O) groups excluding carboxylic acids is 1. The lowest BCUT2D eigenvalue weighted by atomic mass is 9.96. The van der Waals surface area contributed by atoms with E-state index in [0.29, 0.717) is 18.2 Å². The normalized spacial score (nSPS) is 15.7. The van der Waals surface area contributed by atoms with Gasteiger partial charge in [0.1, 0.15) is 11.5 Å². The van der Waals surface area contributed by atoms with Crippen molar-refractivity contribution in [2.75, 3.05) is 13.1 Å². The number of hydrogen-bond donors (Lipinski definition) is 1. The van der Waals surface area contributed by atoms with Crippen LogP contribution in [0.3, 0.4) is 0 Å². The molecule has 2 aromatic heterocycles. The second-order valence-electron chi connectivity index (χ2n) is 7.15. The molecule has 26 heavy (non-hydrogen) atoms. The van der Waals surface area contributed by atoms with Crippen LogP contribution < -0.4 is 0 Å². The van der Waals surface area contributed by atoms with Gasteiger partial charge in [0.15, 0.2) is 0 Å². The topological polar surface area (TPSA) is 66.8 Å². The fraction of sp³-hybridized carbons (Fsp3) is 0.450. The molecule has 0 bridgehead atoms. The molecule has 1 aromatic carbocycles. The predicted molar refractivity (Wildman–Crippen MR) is 101 cm³/mol. The Kier molecular flexibility index (Phi) is 4.26. The van der Waals surface area contributed by atoms with Crippen LogP contribution in [0.4, 0.5) is 0 Å². The van der Waals surface area contributed by atoms with Crippen molar-refractivity contribution in [1.29, 1.82) is 0 Å². The van der Waals surface area contributed by atoms with E-state index in [-0.39, 0.29) is 5.91 Å². The average molecular weight is 351 g/mol. The van der Waals surface area contributed by atoms with Crippen LogP contribution in [-0.2, 0) is 6.54 Å². The molecule has 3 heterocycles. The van der Waals surface area contributed by atoms with Crippen molar-refractivity contribution in [3.8, 4) is 0 Å². The van der Waals surface area contributed by atoms with Gasteiger partial charge < -0.3 is 9.88 Å². The Morgan fingerprint density at radius 2 is 2.04 bits per heavy atom. The third kappa shape index (κ3) is 2.89. The number of likely N-dealkylation sites (tertiary alicyclic amines) is 1. The smallest absolute Gasteiger partial charge is 0.272 e. The molecule has 0 radical (unpaired) electrons. The Bertz CT molecular complexity index is 946. The summed E-state index contributed by atoms with van der Waals surface area (Å²) in [5, 5.41) is 4.39. The Morgan fingerprint density at radius 3 is 2.73 bits per heavy atom. The van der Waals surface area contributed by atoms with E-state index in [9.17, 15) is 4.79 Å². The largest absolute Gasteiger partial charge is 0.342 e. The Hall–Kier alpha value is -2.63. The molecule has 0 aliphatic carbocycles. The molecule has 0 saturated carbocycles. The van der Waals surface area contributed by atoms with Gasteiger partial charge in [0, 0.05) is 25.6 Å². The van der Waals surface area contributed by atoms with E-state index in [1.165, 1.54) is 5.56 Å². The summed E-state index contributed by atoms with van der Waals surface area (Å²) in [6.07, 6.45) is 1.87. The molecule has 3 aromatic rings. The quantitative estimate of drug-likeness (QED) is 0.786. The van der Waals surface area contributed by atoms with Crippen molar-refractivity contribution >= 4 is 16.9 Å². The SMILES string of the molecule is CCn1nc(C)cc1C(=O)N1CCC(c2nc3c(C)cccc3[nH]2)CC1. The van der Waals surface area contributed by atoms with E-state index >= 15 is 0 Å². The summed E-state index contributed by atoms with van der Waals surface area (Å²) in [7, 11) is 0. The molecule has 1 fully saturated rings. The molecule has 1 aliphatic heterocycles. The summed E-state index contributed by atoms with van der Waals surface area (Å²) < 4.78 is 1.80. The molecule has 0 atom stereocenters. The summed E-state index contributed by atoms with van der Waals surface area (Å²) in [6.45, 7) is 8.26. The van der Waals surface area contributed by atoms with Crippen molar-refractivity contribution in [3.63, 3.8) is 0 Å². The van der Waals surface area contributed by atoms with E-state index in [1.54, 1.807) is 4.68 Å². The number of aryl methyl sites for hydroxylation is 3. The third-order valence-corrected chi connectivity index (χ3v) is 5.32. The Balaban J connectivity index is 1.48. The van der Waals surface area contributed by atoms with Crippen LogP contribution in [0.2, 0.25) is 0 Å². The standard InChI is InChI=1S/C20H25N5O/c1-4-25-17(12-14(3)23-25)20(26)24-10-8-15(9-11-24)19-21-16-7-5-6-13(2)18(16)22-19/h5-7,12,15H,4,8-11H2,1-3H3,(H,21,22). The number of nitrogens with zero attached hydrogens (tertiary/aromatic N) is 4. The Morgan fingerprint density at radius 1 is 1.27 bits per heavy atom. The summed E-state index contributed by atoms with van der Waals surface area (Å²) in [6, 6.07) is 8.11. The highest BCUT2D eigenvalue weighted by Gasteiger charge is 2.28. The highest BCUT2D eigenvalue weighted by Crippen LogP contribution is 2.29. The number of aromatic amines is 1. The van der Waals surface area contributed by atoms with Crippen molar-refractivity contribution in [3.05, 3.63) is 47.0 Å². The number of imidazole rings is 1. The van der Waals surface area contributed by atoms with Crippen LogP contribution in [-0.4, -0.2) is 43.6 Å². The number of nitrogens with one attached hydrogen (secondary N) is 1. The molecule has 136 valence electrons. The van der Waals surface area contributed by atoms with Crippen LogP contribution in [0.1, 0.15) is 53.3 Å². The fourth-order valence-electron chi connectivity index (χ4n) is 3.86. The predicted octanol–water partition coefficient (Wildman–Crippen LogP) is 3.42. The zero-order chi connectivity index (χ0) is 18.3. The summed E-state index contributed by atoms with van der Waals surface area (Å²) in [5.41, 5.74) is 4.94. The number of carbonyl (C=O) groups is 1. The second kappa shape index (κ2) is 6.59. The molecule has 4 rings (SSSR count). The monoisotopic (exact) mass is 351 g/mol. The number of rotatable bonds is 3. The molecule has 1 N–H and O–H groups in total. The molecular formula is C20H25N5O. The van der Waals surface area contributed by atoms with Gasteiger partial charge in [-0.15, -0.1) is 0 Å². The van der Waals surface area contributed by atoms with Gasteiger partial charge in [-0.1, -0.05) is 12.1 Å². The number of benzene rings is 1. The van der Waals surface area contributed by atoms with Crippen molar-refractivity contribution in [2.24, 2.45) is 0 Å². The molecular weight excluding hydrogens is 326 g/mol. The number of hydrogen-bond acceptors (Lipinski definition) is 3. The second-order valence-corrected chi connectivity index (χ2v) is 7.15. The highest BCUT2D eigenvalue weighted by atomic mass is 16.2. The average Bonchev–Trinajstić information content (AvgIpc) is 3.25. The van der Waals surface area contributed by atoms with Crippen molar-refractivity contribution in [1.82, 2.24) is 24.6 Å².